The maximum absolute atomic E-state index is 12.4. The second-order valence-corrected chi connectivity index (χ2v) is 5.61. The Morgan fingerprint density at radius 2 is 2.29 bits per heavy atom. The van der Waals surface area contributed by atoms with Crippen LogP contribution in [0.4, 0.5) is 0 Å². The molecule has 1 aliphatic carbocycles. The topological polar surface area (TPSA) is 61.4 Å². The summed E-state index contributed by atoms with van der Waals surface area (Å²) in [6, 6.07) is 0.202. The zero-order chi connectivity index (χ0) is 12.3. The first-order valence-corrected chi connectivity index (χ1v) is 6.86. The molecule has 98 valence electrons. The third-order valence-electron chi connectivity index (χ3n) is 4.13. The Hall–Kier alpha value is -0.610. The summed E-state index contributed by atoms with van der Waals surface area (Å²) in [5.41, 5.74) is -0.201. The molecule has 4 nitrogen and oxygen atoms in total. The average Bonchev–Trinajstić information content (AvgIpc) is 2.28. The fourth-order valence-corrected chi connectivity index (χ4v) is 3.01. The van der Waals surface area contributed by atoms with Crippen LogP contribution in [0.15, 0.2) is 0 Å². The van der Waals surface area contributed by atoms with E-state index in [-0.39, 0.29) is 23.5 Å². The molecule has 0 aromatic rings. The molecule has 1 saturated carbocycles. The highest BCUT2D eigenvalue weighted by Crippen LogP contribution is 2.33. The van der Waals surface area contributed by atoms with Crippen LogP contribution < -0.4 is 10.6 Å². The second-order valence-electron chi connectivity index (χ2n) is 5.61. The van der Waals surface area contributed by atoms with Crippen LogP contribution in [0, 0.1) is 5.41 Å². The van der Waals surface area contributed by atoms with Crippen LogP contribution >= 0.6 is 0 Å². The molecule has 0 bridgehead atoms. The number of hydrogen-bond acceptors (Lipinski definition) is 3. The first-order valence-electron chi connectivity index (χ1n) is 6.86. The number of nitrogens with one attached hydrogen (secondary N) is 2. The molecule has 1 saturated heterocycles. The molecule has 1 aliphatic heterocycles. The molecule has 2 aliphatic rings. The minimum atomic E-state index is -0.202. The van der Waals surface area contributed by atoms with Gasteiger partial charge >= 0.3 is 0 Å². The van der Waals surface area contributed by atoms with Gasteiger partial charge in [-0.15, -0.1) is 0 Å². The number of rotatable bonds is 4. The van der Waals surface area contributed by atoms with E-state index < -0.39 is 0 Å². The van der Waals surface area contributed by atoms with Crippen molar-refractivity contribution >= 4 is 5.91 Å². The highest BCUT2D eigenvalue weighted by Gasteiger charge is 2.40. The summed E-state index contributed by atoms with van der Waals surface area (Å²) in [5, 5.41) is 15.7. The number of hydrogen-bond donors (Lipinski definition) is 3. The van der Waals surface area contributed by atoms with Crippen molar-refractivity contribution < 1.29 is 9.90 Å². The molecule has 4 heteroatoms. The summed E-state index contributed by atoms with van der Waals surface area (Å²) in [6.07, 6.45) is 5.33. The molecular weight excluding hydrogens is 216 g/mol. The molecule has 1 amide bonds. The van der Waals surface area contributed by atoms with Crippen molar-refractivity contribution in [1.29, 1.82) is 0 Å². The number of piperidine rings is 1. The summed E-state index contributed by atoms with van der Waals surface area (Å²) in [6.45, 7) is 3.97. The summed E-state index contributed by atoms with van der Waals surface area (Å²) in [5.74, 6) is 0.198. The van der Waals surface area contributed by atoms with Crippen LogP contribution in [-0.2, 0) is 4.79 Å². The molecule has 1 unspecified atom stereocenters. The van der Waals surface area contributed by atoms with Gasteiger partial charge in [0.15, 0.2) is 0 Å². The van der Waals surface area contributed by atoms with Crippen molar-refractivity contribution in [3.8, 4) is 0 Å². The van der Waals surface area contributed by atoms with Crippen molar-refractivity contribution in [2.75, 3.05) is 13.1 Å². The number of carbonyl (C=O) groups is 1. The fraction of sp³-hybridized carbons (Fsp3) is 0.923. The lowest BCUT2D eigenvalue weighted by Crippen LogP contribution is -2.55. The van der Waals surface area contributed by atoms with Gasteiger partial charge in [0, 0.05) is 12.6 Å². The zero-order valence-electron chi connectivity index (χ0n) is 10.7. The van der Waals surface area contributed by atoms with Gasteiger partial charge in [-0.05, 0) is 38.6 Å². The maximum atomic E-state index is 12.4. The van der Waals surface area contributed by atoms with Gasteiger partial charge < -0.3 is 15.7 Å². The number of aliphatic hydroxyl groups excluding tert-OH is 1. The van der Waals surface area contributed by atoms with Crippen molar-refractivity contribution in [2.24, 2.45) is 5.41 Å². The molecule has 0 spiro atoms. The van der Waals surface area contributed by atoms with Crippen LogP contribution in [0.5, 0.6) is 0 Å². The van der Waals surface area contributed by atoms with Crippen molar-refractivity contribution in [1.82, 2.24) is 10.6 Å². The molecule has 0 radical (unpaired) electrons. The van der Waals surface area contributed by atoms with E-state index >= 15 is 0 Å². The monoisotopic (exact) mass is 240 g/mol. The number of aliphatic hydroxyl groups is 1. The summed E-state index contributed by atoms with van der Waals surface area (Å²) in [4.78, 5) is 12.4. The second kappa shape index (κ2) is 5.36. The Kier molecular flexibility index (Phi) is 4.05. The standard InChI is InChI=1S/C13H24N2O2/c1-2-4-13(5-3-6-14-9-13)12(17)15-10-7-11(16)8-10/h10-11,14,16H,2-9H2,1H3,(H,15,17). The fourth-order valence-electron chi connectivity index (χ4n) is 3.01. The van der Waals surface area contributed by atoms with Crippen LogP contribution in [0.2, 0.25) is 0 Å². The molecule has 17 heavy (non-hydrogen) atoms. The largest absolute Gasteiger partial charge is 0.393 e. The number of amides is 1. The zero-order valence-corrected chi connectivity index (χ0v) is 10.7. The van der Waals surface area contributed by atoms with E-state index in [0.717, 1.165) is 51.6 Å². The first-order chi connectivity index (χ1) is 8.16. The van der Waals surface area contributed by atoms with Gasteiger partial charge in [-0.3, -0.25) is 4.79 Å². The number of carbonyl (C=O) groups excluding carboxylic acids is 1. The molecule has 0 aromatic heterocycles. The van der Waals surface area contributed by atoms with E-state index in [2.05, 4.69) is 17.6 Å². The van der Waals surface area contributed by atoms with Gasteiger partial charge in [0.25, 0.3) is 0 Å². The van der Waals surface area contributed by atoms with Crippen LogP contribution in [0.3, 0.4) is 0 Å². The Labute approximate surface area is 103 Å². The smallest absolute Gasteiger partial charge is 0.227 e. The van der Waals surface area contributed by atoms with Gasteiger partial charge in [0.2, 0.25) is 5.91 Å². The Morgan fingerprint density at radius 1 is 1.53 bits per heavy atom. The molecular formula is C13H24N2O2. The Morgan fingerprint density at radius 3 is 2.82 bits per heavy atom. The highest BCUT2D eigenvalue weighted by atomic mass is 16.3. The molecule has 2 fully saturated rings. The lowest BCUT2D eigenvalue weighted by Gasteiger charge is -2.40. The minimum absolute atomic E-state index is 0.198. The summed E-state index contributed by atoms with van der Waals surface area (Å²) in [7, 11) is 0. The first kappa shape index (κ1) is 12.8. The minimum Gasteiger partial charge on any atom is -0.393 e. The van der Waals surface area contributed by atoms with Crippen molar-refractivity contribution in [2.45, 2.75) is 57.6 Å². The van der Waals surface area contributed by atoms with Crippen molar-refractivity contribution in [3.63, 3.8) is 0 Å². The predicted octanol–water partition coefficient (Wildman–Crippen LogP) is 0.796. The van der Waals surface area contributed by atoms with E-state index in [1.807, 2.05) is 0 Å². The van der Waals surface area contributed by atoms with E-state index in [0.29, 0.717) is 0 Å². The van der Waals surface area contributed by atoms with E-state index in [4.69, 9.17) is 0 Å². The molecule has 2 rings (SSSR count). The lowest BCUT2D eigenvalue weighted by atomic mass is 9.75. The normalized spacial score (nSPS) is 37.3. The van der Waals surface area contributed by atoms with Gasteiger partial charge in [0.05, 0.1) is 11.5 Å². The van der Waals surface area contributed by atoms with E-state index in [9.17, 15) is 9.90 Å². The summed E-state index contributed by atoms with van der Waals surface area (Å²) < 4.78 is 0. The molecule has 0 aromatic carbocycles. The SMILES string of the molecule is CCCC1(C(=O)NC2CC(O)C2)CCCNC1. The lowest BCUT2D eigenvalue weighted by molar-refractivity contribution is -0.134. The van der Waals surface area contributed by atoms with Crippen LogP contribution in [0.1, 0.15) is 45.4 Å². The van der Waals surface area contributed by atoms with Crippen LogP contribution in [-0.4, -0.2) is 36.2 Å². The Bertz CT molecular complexity index is 263. The maximum Gasteiger partial charge on any atom is 0.227 e. The van der Waals surface area contributed by atoms with Gasteiger partial charge in [0.1, 0.15) is 0 Å². The van der Waals surface area contributed by atoms with Gasteiger partial charge in [-0.25, -0.2) is 0 Å². The molecule has 1 atom stereocenters. The van der Waals surface area contributed by atoms with Gasteiger partial charge in [-0.1, -0.05) is 13.3 Å². The van der Waals surface area contributed by atoms with Crippen molar-refractivity contribution in [3.05, 3.63) is 0 Å². The Balaban J connectivity index is 1.92. The summed E-state index contributed by atoms with van der Waals surface area (Å²) >= 11 is 0. The average molecular weight is 240 g/mol. The van der Waals surface area contributed by atoms with E-state index in [1.165, 1.54) is 0 Å². The van der Waals surface area contributed by atoms with Gasteiger partial charge in [-0.2, -0.15) is 0 Å². The van der Waals surface area contributed by atoms with E-state index in [1.54, 1.807) is 0 Å². The molecule has 1 heterocycles. The quantitative estimate of drug-likeness (QED) is 0.681. The van der Waals surface area contributed by atoms with Crippen LogP contribution in [0.25, 0.3) is 0 Å². The third-order valence-corrected chi connectivity index (χ3v) is 4.13. The third kappa shape index (κ3) is 2.80. The molecule has 3 N–H and O–H groups in total. The highest BCUT2D eigenvalue weighted by molar-refractivity contribution is 5.83. The predicted molar refractivity (Wildman–Crippen MR) is 66.6 cm³/mol.